The maximum Gasteiger partial charge on any atom is 0.255 e. The summed E-state index contributed by atoms with van der Waals surface area (Å²) in [6.07, 6.45) is 3.13. The van der Waals surface area contributed by atoms with Crippen molar-refractivity contribution < 1.29 is 9.53 Å². The Morgan fingerprint density at radius 3 is 2.50 bits per heavy atom. The number of hydrogen-bond acceptors (Lipinski definition) is 3. The van der Waals surface area contributed by atoms with Crippen LogP contribution in [0.2, 0.25) is 0 Å². The van der Waals surface area contributed by atoms with Crippen molar-refractivity contribution in [1.29, 1.82) is 0 Å². The Bertz CT molecular complexity index is 492. The van der Waals surface area contributed by atoms with Crippen molar-refractivity contribution in [3.05, 3.63) is 29.8 Å². The molecule has 1 aromatic rings. The highest BCUT2D eigenvalue weighted by molar-refractivity contribution is 14.0. The fourth-order valence-corrected chi connectivity index (χ4v) is 1.92. The first kappa shape index (κ1) is 22.5. The Morgan fingerprint density at radius 2 is 1.92 bits per heavy atom. The van der Waals surface area contributed by atoms with E-state index in [-0.39, 0.29) is 30.6 Å². The number of nitrogens with zero attached hydrogens (tertiary/aromatic N) is 1. The van der Waals surface area contributed by atoms with Gasteiger partial charge in [0.1, 0.15) is 5.75 Å². The maximum atomic E-state index is 10.7. The van der Waals surface area contributed by atoms with E-state index in [9.17, 15) is 4.79 Å². The zero-order chi connectivity index (χ0) is 16.9. The summed E-state index contributed by atoms with van der Waals surface area (Å²) in [5.41, 5.74) is 6.23. The monoisotopic (exact) mass is 448 g/mol. The lowest BCUT2D eigenvalue weighted by Crippen LogP contribution is -2.38. The van der Waals surface area contributed by atoms with Gasteiger partial charge in [-0.15, -0.1) is 24.0 Å². The van der Waals surface area contributed by atoms with Crippen LogP contribution in [0.1, 0.15) is 32.3 Å². The third-order valence-corrected chi connectivity index (χ3v) is 3.14. The van der Waals surface area contributed by atoms with E-state index in [0.717, 1.165) is 44.9 Å². The zero-order valence-corrected chi connectivity index (χ0v) is 16.8. The molecule has 0 aromatic heterocycles. The molecule has 0 saturated heterocycles. The quantitative estimate of drug-likeness (QED) is 0.221. The minimum atomic E-state index is -0.475. The first-order chi connectivity index (χ1) is 11.2. The number of unbranched alkanes of at least 4 members (excludes halogenated alkanes) is 1. The number of benzene rings is 1. The van der Waals surface area contributed by atoms with Gasteiger partial charge in [-0.3, -0.25) is 9.79 Å². The lowest BCUT2D eigenvalue weighted by atomic mass is 10.1. The normalized spacial score (nSPS) is 10.7. The predicted molar refractivity (Wildman–Crippen MR) is 109 cm³/mol. The number of guanidine groups is 1. The molecule has 0 unspecified atom stereocenters. The van der Waals surface area contributed by atoms with Gasteiger partial charge in [0.05, 0.1) is 0 Å². The summed E-state index contributed by atoms with van der Waals surface area (Å²) >= 11 is 0. The minimum absolute atomic E-state index is 0. The van der Waals surface area contributed by atoms with Crippen LogP contribution in [0.5, 0.6) is 5.75 Å². The first-order valence-corrected chi connectivity index (χ1v) is 8.18. The fourth-order valence-electron chi connectivity index (χ4n) is 1.92. The van der Waals surface area contributed by atoms with Crippen LogP contribution in [0.3, 0.4) is 0 Å². The molecular weight excluding hydrogens is 419 g/mol. The second-order valence-electron chi connectivity index (χ2n) is 5.19. The van der Waals surface area contributed by atoms with E-state index >= 15 is 0 Å². The van der Waals surface area contributed by atoms with Crippen molar-refractivity contribution in [2.75, 3.05) is 26.2 Å². The Morgan fingerprint density at radius 1 is 1.21 bits per heavy atom. The van der Waals surface area contributed by atoms with Gasteiger partial charge in [-0.1, -0.05) is 25.5 Å². The topological polar surface area (TPSA) is 88.7 Å². The van der Waals surface area contributed by atoms with Crippen LogP contribution >= 0.6 is 24.0 Å². The largest absolute Gasteiger partial charge is 0.484 e. The van der Waals surface area contributed by atoms with Gasteiger partial charge >= 0.3 is 0 Å². The molecule has 0 radical (unpaired) electrons. The van der Waals surface area contributed by atoms with Gasteiger partial charge in [0.25, 0.3) is 5.91 Å². The molecule has 1 rings (SSSR count). The molecule has 7 heteroatoms. The highest BCUT2D eigenvalue weighted by atomic mass is 127. The number of ether oxygens (including phenoxy) is 1. The van der Waals surface area contributed by atoms with E-state index in [1.165, 1.54) is 5.56 Å². The van der Waals surface area contributed by atoms with Crippen molar-refractivity contribution in [2.45, 2.75) is 33.1 Å². The van der Waals surface area contributed by atoms with Crippen LogP contribution in [-0.2, 0) is 11.2 Å². The smallest absolute Gasteiger partial charge is 0.255 e. The second kappa shape index (κ2) is 13.9. The van der Waals surface area contributed by atoms with E-state index in [2.05, 4.69) is 29.5 Å². The molecule has 0 spiro atoms. The van der Waals surface area contributed by atoms with Crippen LogP contribution in [0.4, 0.5) is 0 Å². The van der Waals surface area contributed by atoms with E-state index < -0.39 is 5.91 Å². The third-order valence-electron chi connectivity index (χ3n) is 3.14. The summed E-state index contributed by atoms with van der Waals surface area (Å²) in [6.45, 7) is 6.62. The number of hydrogen-bond donors (Lipinski definition) is 3. The Hall–Kier alpha value is -1.51. The average Bonchev–Trinajstić information content (AvgIpc) is 2.54. The van der Waals surface area contributed by atoms with Crippen molar-refractivity contribution in [3.63, 3.8) is 0 Å². The molecule has 0 aliphatic carbocycles. The molecule has 0 atom stereocenters. The van der Waals surface area contributed by atoms with Crippen LogP contribution in [0.25, 0.3) is 0 Å². The van der Waals surface area contributed by atoms with Crippen LogP contribution in [0.15, 0.2) is 29.3 Å². The summed E-state index contributed by atoms with van der Waals surface area (Å²) in [6, 6.07) is 7.66. The summed E-state index contributed by atoms with van der Waals surface area (Å²) < 4.78 is 5.23. The van der Waals surface area contributed by atoms with E-state index in [0.29, 0.717) is 5.75 Å². The van der Waals surface area contributed by atoms with E-state index in [1.54, 1.807) is 0 Å². The van der Waals surface area contributed by atoms with Crippen LogP contribution < -0.4 is 21.1 Å². The molecule has 136 valence electrons. The van der Waals surface area contributed by atoms with Crippen molar-refractivity contribution in [3.8, 4) is 5.75 Å². The molecule has 0 aliphatic rings. The number of halogens is 1. The average molecular weight is 448 g/mol. The second-order valence-corrected chi connectivity index (χ2v) is 5.19. The van der Waals surface area contributed by atoms with Gasteiger partial charge in [0, 0.05) is 19.6 Å². The molecule has 0 saturated carbocycles. The molecular formula is C17H29IN4O2. The van der Waals surface area contributed by atoms with Crippen LogP contribution in [0, 0.1) is 0 Å². The molecule has 1 aromatic carbocycles. The van der Waals surface area contributed by atoms with Crippen molar-refractivity contribution in [1.82, 2.24) is 10.6 Å². The van der Waals surface area contributed by atoms with E-state index in [1.807, 2.05) is 24.3 Å². The van der Waals surface area contributed by atoms with Crippen molar-refractivity contribution in [2.24, 2.45) is 10.7 Å². The fraction of sp³-hybridized carbons (Fsp3) is 0.529. The summed E-state index contributed by atoms with van der Waals surface area (Å²) in [7, 11) is 0. The molecule has 6 nitrogen and oxygen atoms in total. The lowest BCUT2D eigenvalue weighted by Gasteiger charge is -2.11. The molecule has 0 heterocycles. The van der Waals surface area contributed by atoms with Gasteiger partial charge in [0.15, 0.2) is 12.6 Å². The van der Waals surface area contributed by atoms with Gasteiger partial charge < -0.3 is 21.1 Å². The molecule has 0 bridgehead atoms. The maximum absolute atomic E-state index is 10.7. The highest BCUT2D eigenvalue weighted by Crippen LogP contribution is 2.12. The number of aliphatic imine (C=N–C) groups is 1. The van der Waals surface area contributed by atoms with Gasteiger partial charge in [-0.2, -0.15) is 0 Å². The zero-order valence-electron chi connectivity index (χ0n) is 14.5. The first-order valence-electron chi connectivity index (χ1n) is 8.18. The predicted octanol–water partition coefficient (Wildman–Crippen LogP) is 2.07. The number of carbonyl (C=O) groups is 1. The number of rotatable bonds is 10. The number of carbonyl (C=O) groups excluding carboxylic acids is 1. The Balaban J connectivity index is 0.00000529. The molecule has 4 N–H and O–H groups in total. The summed E-state index contributed by atoms with van der Waals surface area (Å²) in [4.78, 5) is 15.2. The Kier molecular flexibility index (Phi) is 13.0. The van der Waals surface area contributed by atoms with Gasteiger partial charge in [-0.05, 0) is 37.5 Å². The van der Waals surface area contributed by atoms with Crippen LogP contribution in [-0.4, -0.2) is 38.1 Å². The minimum Gasteiger partial charge on any atom is -0.484 e. The standard InChI is InChI=1S/C17H28N4O2.HI/c1-3-5-11-20-17(19-4-2)21-12-10-14-6-8-15(9-7-14)23-13-16(18)22;/h6-9H,3-5,10-13H2,1-2H3,(H2,18,22)(H2,19,20,21);1H. The number of nitrogens with two attached hydrogens (primary N) is 1. The lowest BCUT2D eigenvalue weighted by molar-refractivity contribution is -0.119. The highest BCUT2D eigenvalue weighted by Gasteiger charge is 2.00. The number of primary amides is 1. The molecule has 1 amide bonds. The molecule has 0 aliphatic heterocycles. The van der Waals surface area contributed by atoms with Gasteiger partial charge in [0.2, 0.25) is 0 Å². The molecule has 0 fully saturated rings. The summed E-state index contributed by atoms with van der Waals surface area (Å²) in [5.74, 6) is 1.04. The van der Waals surface area contributed by atoms with E-state index in [4.69, 9.17) is 10.5 Å². The number of amides is 1. The molecule has 24 heavy (non-hydrogen) atoms. The SMILES string of the molecule is CCCCN=C(NCC)NCCc1ccc(OCC(N)=O)cc1.I. The summed E-state index contributed by atoms with van der Waals surface area (Å²) in [5, 5.41) is 6.57. The third kappa shape index (κ3) is 10.3. The van der Waals surface area contributed by atoms with Gasteiger partial charge in [-0.25, -0.2) is 0 Å². The Labute approximate surface area is 161 Å². The van der Waals surface area contributed by atoms with Crippen molar-refractivity contribution >= 4 is 35.8 Å². The number of nitrogens with one attached hydrogen (secondary N) is 2.